The lowest BCUT2D eigenvalue weighted by atomic mass is 9.95. The summed E-state index contributed by atoms with van der Waals surface area (Å²) in [5, 5.41) is 5.82. The number of nitrogens with zero attached hydrogens (tertiary/aromatic N) is 2. The topological polar surface area (TPSA) is 81.8 Å². The molecule has 0 spiro atoms. The van der Waals surface area contributed by atoms with Crippen molar-refractivity contribution in [2.45, 2.75) is 91.9 Å². The fraction of sp³-hybridized carbons (Fsp3) is 0.621. The maximum Gasteiger partial charge on any atom is 0.251 e. The van der Waals surface area contributed by atoms with Crippen molar-refractivity contribution in [2.24, 2.45) is 11.8 Å². The van der Waals surface area contributed by atoms with E-state index in [2.05, 4.69) is 29.4 Å². The van der Waals surface area contributed by atoms with Crippen LogP contribution in [0.1, 0.15) is 67.7 Å². The molecule has 2 N–H and O–H groups in total. The number of hydrogen-bond acceptors (Lipinski definition) is 4. The van der Waals surface area contributed by atoms with Crippen LogP contribution in [0.15, 0.2) is 35.9 Å². The first kappa shape index (κ1) is 30.5. The summed E-state index contributed by atoms with van der Waals surface area (Å²) in [6.45, 7) is 14.6. The number of carbonyl (C=O) groups is 3. The third kappa shape index (κ3) is 8.38. The minimum Gasteiger partial charge on any atom is -0.343 e. The van der Waals surface area contributed by atoms with Gasteiger partial charge in [0, 0.05) is 24.4 Å². The Labute approximate surface area is 221 Å². The van der Waals surface area contributed by atoms with E-state index >= 15 is 0 Å². The second kappa shape index (κ2) is 13.7. The Morgan fingerprint density at radius 1 is 1.03 bits per heavy atom. The van der Waals surface area contributed by atoms with E-state index < -0.39 is 6.04 Å². The van der Waals surface area contributed by atoms with Gasteiger partial charge < -0.3 is 15.5 Å². The number of amides is 3. The van der Waals surface area contributed by atoms with Gasteiger partial charge in [-0.05, 0) is 76.3 Å². The van der Waals surface area contributed by atoms with Crippen molar-refractivity contribution in [3.05, 3.63) is 41.7 Å². The van der Waals surface area contributed by atoms with Gasteiger partial charge in [0.2, 0.25) is 11.8 Å². The van der Waals surface area contributed by atoms with E-state index in [0.717, 1.165) is 25.8 Å². The van der Waals surface area contributed by atoms with Gasteiger partial charge in [0.15, 0.2) is 0 Å². The fourth-order valence-corrected chi connectivity index (χ4v) is 4.83. The van der Waals surface area contributed by atoms with E-state index in [1.807, 2.05) is 27.7 Å². The van der Waals surface area contributed by atoms with Crippen LogP contribution in [0.25, 0.3) is 0 Å². The Kier molecular flexibility index (Phi) is 11.3. The van der Waals surface area contributed by atoms with Crippen molar-refractivity contribution in [2.75, 3.05) is 18.9 Å². The molecule has 0 radical (unpaired) electrons. The van der Waals surface area contributed by atoms with Crippen molar-refractivity contribution in [3.63, 3.8) is 0 Å². The number of benzene rings is 1. The molecule has 1 aliphatic heterocycles. The molecule has 7 nitrogen and oxygen atoms in total. The van der Waals surface area contributed by atoms with Crippen molar-refractivity contribution >= 4 is 23.4 Å². The summed E-state index contributed by atoms with van der Waals surface area (Å²) in [7, 11) is 1.72. The standard InChI is InChI=1S/C29H45FN4O3/c1-18(2)25(17-21(7)27(35)31-23-14-12-22(30)13-15-23)33(8)29(37)26(19(3)4)32-28(36)24-11-9-10-16-34(24)20(5)6/h12-15,17-20,24-26H,9-11,16H2,1-8H3,(H,31,35)(H,32,36)/b21-17+. The van der Waals surface area contributed by atoms with E-state index in [1.54, 1.807) is 24.9 Å². The lowest BCUT2D eigenvalue weighted by Gasteiger charge is -2.39. The second-order valence-corrected chi connectivity index (χ2v) is 11.1. The van der Waals surface area contributed by atoms with Crippen molar-refractivity contribution in [1.82, 2.24) is 15.1 Å². The first-order chi connectivity index (χ1) is 17.3. The van der Waals surface area contributed by atoms with Gasteiger partial charge in [0.25, 0.3) is 5.91 Å². The van der Waals surface area contributed by atoms with Gasteiger partial charge in [0.05, 0.1) is 12.1 Å². The predicted molar refractivity (Wildman–Crippen MR) is 146 cm³/mol. The van der Waals surface area contributed by atoms with Crippen LogP contribution in [0.4, 0.5) is 10.1 Å². The van der Waals surface area contributed by atoms with E-state index in [9.17, 15) is 18.8 Å². The largest absolute Gasteiger partial charge is 0.343 e. The molecule has 1 saturated heterocycles. The molecule has 0 bridgehead atoms. The molecule has 1 aliphatic rings. The normalized spacial score (nSPS) is 18.6. The number of carbonyl (C=O) groups excluding carboxylic acids is 3. The number of halogens is 1. The summed E-state index contributed by atoms with van der Waals surface area (Å²) in [6, 6.07) is 4.57. The number of anilines is 1. The Bertz CT molecular complexity index is 958. The van der Waals surface area contributed by atoms with Crippen LogP contribution in [-0.2, 0) is 14.4 Å². The van der Waals surface area contributed by atoms with Crippen molar-refractivity contribution < 1.29 is 18.8 Å². The molecule has 37 heavy (non-hydrogen) atoms. The van der Waals surface area contributed by atoms with Crippen molar-refractivity contribution in [3.8, 4) is 0 Å². The molecular weight excluding hydrogens is 471 g/mol. The zero-order valence-corrected chi connectivity index (χ0v) is 23.7. The molecule has 1 heterocycles. The quantitative estimate of drug-likeness (QED) is 0.446. The van der Waals surface area contributed by atoms with Crippen LogP contribution in [0.3, 0.4) is 0 Å². The first-order valence-electron chi connectivity index (χ1n) is 13.4. The van der Waals surface area contributed by atoms with Crippen LogP contribution >= 0.6 is 0 Å². The number of hydrogen-bond donors (Lipinski definition) is 2. The average Bonchev–Trinajstić information content (AvgIpc) is 2.85. The minimum absolute atomic E-state index is 0.0285. The average molecular weight is 517 g/mol. The summed E-state index contributed by atoms with van der Waals surface area (Å²) in [6.07, 6.45) is 4.65. The number of rotatable bonds is 10. The highest BCUT2D eigenvalue weighted by atomic mass is 19.1. The van der Waals surface area contributed by atoms with Crippen LogP contribution in [0.2, 0.25) is 0 Å². The Morgan fingerprint density at radius 2 is 1.65 bits per heavy atom. The van der Waals surface area contributed by atoms with Gasteiger partial charge in [-0.1, -0.05) is 40.2 Å². The molecule has 3 amide bonds. The van der Waals surface area contributed by atoms with Gasteiger partial charge in [-0.3, -0.25) is 19.3 Å². The van der Waals surface area contributed by atoms with Crippen molar-refractivity contribution in [1.29, 1.82) is 0 Å². The Balaban J connectivity index is 2.17. The zero-order valence-electron chi connectivity index (χ0n) is 23.7. The number of piperidine rings is 1. The van der Waals surface area contributed by atoms with Gasteiger partial charge >= 0.3 is 0 Å². The highest BCUT2D eigenvalue weighted by Crippen LogP contribution is 2.22. The maximum absolute atomic E-state index is 13.7. The van der Waals surface area contributed by atoms with Gasteiger partial charge in [-0.25, -0.2) is 4.39 Å². The van der Waals surface area contributed by atoms with Gasteiger partial charge in [0.1, 0.15) is 11.9 Å². The fourth-order valence-electron chi connectivity index (χ4n) is 4.83. The summed E-state index contributed by atoms with van der Waals surface area (Å²) in [5.41, 5.74) is 0.938. The SMILES string of the molecule is C/C(=C\C(C(C)C)N(C)C(=O)C(NC(=O)C1CCCCN1C(C)C)C(C)C)C(=O)Nc1ccc(F)cc1. The second-order valence-electron chi connectivity index (χ2n) is 11.1. The molecule has 3 unspecified atom stereocenters. The number of nitrogens with one attached hydrogen (secondary N) is 2. The highest BCUT2D eigenvalue weighted by Gasteiger charge is 2.36. The lowest BCUT2D eigenvalue weighted by Crippen LogP contribution is -2.58. The monoisotopic (exact) mass is 516 g/mol. The molecule has 0 aliphatic carbocycles. The minimum atomic E-state index is -0.670. The third-order valence-corrected chi connectivity index (χ3v) is 7.10. The van der Waals surface area contributed by atoms with Gasteiger partial charge in [-0.2, -0.15) is 0 Å². The molecule has 0 aromatic heterocycles. The number of likely N-dealkylation sites (N-methyl/N-ethyl adjacent to an activating group) is 1. The van der Waals surface area contributed by atoms with Crippen LogP contribution in [-0.4, -0.2) is 65.3 Å². The van der Waals surface area contributed by atoms with E-state index in [0.29, 0.717) is 11.3 Å². The smallest absolute Gasteiger partial charge is 0.251 e. The summed E-state index contributed by atoms with van der Waals surface area (Å²) >= 11 is 0. The Morgan fingerprint density at radius 3 is 2.19 bits per heavy atom. The van der Waals surface area contributed by atoms with E-state index in [4.69, 9.17) is 0 Å². The Hall–Kier alpha value is -2.74. The zero-order chi connectivity index (χ0) is 27.9. The molecule has 8 heteroatoms. The molecular formula is C29H45FN4O3. The third-order valence-electron chi connectivity index (χ3n) is 7.10. The lowest BCUT2D eigenvalue weighted by molar-refractivity contribution is -0.140. The molecule has 1 fully saturated rings. The van der Waals surface area contributed by atoms with Crippen LogP contribution < -0.4 is 10.6 Å². The molecule has 2 rings (SSSR count). The molecule has 1 aromatic carbocycles. The first-order valence-corrected chi connectivity index (χ1v) is 13.4. The van der Waals surface area contributed by atoms with Gasteiger partial charge in [-0.15, -0.1) is 0 Å². The molecule has 0 saturated carbocycles. The summed E-state index contributed by atoms with van der Waals surface area (Å²) in [5.74, 6) is -1.05. The van der Waals surface area contributed by atoms with Crippen LogP contribution in [0, 0.1) is 17.7 Å². The summed E-state index contributed by atoms with van der Waals surface area (Å²) < 4.78 is 13.2. The molecule has 206 valence electrons. The predicted octanol–water partition coefficient (Wildman–Crippen LogP) is 4.60. The maximum atomic E-state index is 13.7. The number of likely N-dealkylation sites (tertiary alicyclic amines) is 1. The molecule has 1 aromatic rings. The van der Waals surface area contributed by atoms with E-state index in [-0.39, 0.29) is 53.5 Å². The summed E-state index contributed by atoms with van der Waals surface area (Å²) in [4.78, 5) is 43.6. The molecule has 3 atom stereocenters. The van der Waals surface area contributed by atoms with E-state index in [1.165, 1.54) is 24.3 Å². The van der Waals surface area contributed by atoms with Crippen LogP contribution in [0.5, 0.6) is 0 Å². The highest BCUT2D eigenvalue weighted by molar-refractivity contribution is 6.03.